The molecule has 18 heavy (non-hydrogen) atoms. The van der Waals surface area contributed by atoms with Crippen molar-refractivity contribution in [3.63, 3.8) is 0 Å². The third-order valence-electron chi connectivity index (χ3n) is 3.10. The fourth-order valence-electron chi connectivity index (χ4n) is 1.68. The molecule has 1 aromatic carbocycles. The summed E-state index contributed by atoms with van der Waals surface area (Å²) >= 11 is 0. The molecular weight excluding hydrogens is 226 g/mol. The highest BCUT2D eigenvalue weighted by molar-refractivity contribution is 5.27. The monoisotopic (exact) mass is 251 g/mol. The van der Waals surface area contributed by atoms with Crippen LogP contribution in [0.15, 0.2) is 24.3 Å². The van der Waals surface area contributed by atoms with E-state index in [4.69, 9.17) is 4.74 Å². The standard InChI is InChI=1S/C15H25NO2/c1-15(2,3)14(17)11-16(4)10-12-6-8-13(18-5)9-7-12/h6-9,14,17H,10-11H2,1-5H3. The van der Waals surface area contributed by atoms with Gasteiger partial charge in [0.05, 0.1) is 13.2 Å². The van der Waals surface area contributed by atoms with Crippen molar-refractivity contribution in [3.8, 4) is 5.75 Å². The molecule has 1 unspecified atom stereocenters. The molecule has 0 aromatic heterocycles. The smallest absolute Gasteiger partial charge is 0.118 e. The first-order valence-corrected chi connectivity index (χ1v) is 6.32. The van der Waals surface area contributed by atoms with Gasteiger partial charge in [-0.1, -0.05) is 32.9 Å². The Morgan fingerprint density at radius 1 is 1.22 bits per heavy atom. The van der Waals surface area contributed by atoms with E-state index in [0.717, 1.165) is 12.3 Å². The first-order valence-electron chi connectivity index (χ1n) is 6.32. The van der Waals surface area contributed by atoms with E-state index in [9.17, 15) is 5.11 Å². The molecule has 0 spiro atoms. The molecule has 1 rings (SSSR count). The van der Waals surface area contributed by atoms with E-state index >= 15 is 0 Å². The van der Waals surface area contributed by atoms with E-state index in [0.29, 0.717) is 6.54 Å². The number of rotatable bonds is 5. The summed E-state index contributed by atoms with van der Waals surface area (Å²) in [4.78, 5) is 2.14. The average Bonchev–Trinajstić information content (AvgIpc) is 2.28. The van der Waals surface area contributed by atoms with Crippen molar-refractivity contribution >= 4 is 0 Å². The first-order chi connectivity index (χ1) is 8.32. The molecule has 1 aromatic rings. The van der Waals surface area contributed by atoms with Crippen LogP contribution in [0.25, 0.3) is 0 Å². The van der Waals surface area contributed by atoms with Gasteiger partial charge >= 0.3 is 0 Å². The molecule has 1 atom stereocenters. The number of ether oxygens (including phenoxy) is 1. The molecule has 0 amide bonds. The minimum absolute atomic E-state index is 0.0752. The van der Waals surface area contributed by atoms with Crippen LogP contribution < -0.4 is 4.74 Å². The molecule has 0 heterocycles. The highest BCUT2D eigenvalue weighted by atomic mass is 16.5. The molecule has 102 valence electrons. The fraction of sp³-hybridized carbons (Fsp3) is 0.600. The summed E-state index contributed by atoms with van der Waals surface area (Å²) in [6.45, 7) is 7.67. The Morgan fingerprint density at radius 3 is 2.22 bits per heavy atom. The Balaban J connectivity index is 2.51. The molecule has 0 bridgehead atoms. The zero-order valence-corrected chi connectivity index (χ0v) is 12.1. The molecular formula is C15H25NO2. The lowest BCUT2D eigenvalue weighted by atomic mass is 9.89. The van der Waals surface area contributed by atoms with Crippen LogP contribution >= 0.6 is 0 Å². The Morgan fingerprint density at radius 2 is 1.78 bits per heavy atom. The summed E-state index contributed by atoms with van der Waals surface area (Å²) < 4.78 is 5.13. The van der Waals surface area contributed by atoms with Gasteiger partial charge in [-0.15, -0.1) is 0 Å². The van der Waals surface area contributed by atoms with Crippen LogP contribution in [0.2, 0.25) is 0 Å². The van der Waals surface area contributed by atoms with Crippen molar-refractivity contribution in [3.05, 3.63) is 29.8 Å². The van der Waals surface area contributed by atoms with Gasteiger partial charge in [-0.2, -0.15) is 0 Å². The number of aliphatic hydroxyl groups excluding tert-OH is 1. The number of benzene rings is 1. The maximum atomic E-state index is 10.1. The third-order valence-corrected chi connectivity index (χ3v) is 3.10. The highest BCUT2D eigenvalue weighted by Gasteiger charge is 2.23. The van der Waals surface area contributed by atoms with Gasteiger partial charge in [0, 0.05) is 13.1 Å². The van der Waals surface area contributed by atoms with Crippen LogP contribution in [0.3, 0.4) is 0 Å². The number of hydrogen-bond acceptors (Lipinski definition) is 3. The summed E-state index contributed by atoms with van der Waals surface area (Å²) in [5, 5.41) is 10.1. The van der Waals surface area contributed by atoms with Gasteiger partial charge in [0.25, 0.3) is 0 Å². The number of likely N-dealkylation sites (N-methyl/N-ethyl adjacent to an activating group) is 1. The molecule has 1 N–H and O–H groups in total. The van der Waals surface area contributed by atoms with Crippen molar-refractivity contribution in [1.29, 1.82) is 0 Å². The Labute approximate surface area is 110 Å². The number of aliphatic hydroxyl groups is 1. The largest absolute Gasteiger partial charge is 0.497 e. The second-order valence-corrected chi connectivity index (χ2v) is 5.93. The van der Waals surface area contributed by atoms with Crippen molar-refractivity contribution in [1.82, 2.24) is 4.90 Å². The summed E-state index contributed by atoms with van der Waals surface area (Å²) in [6.07, 6.45) is -0.319. The molecule has 0 saturated heterocycles. The lowest BCUT2D eigenvalue weighted by Crippen LogP contribution is -2.37. The molecule has 3 heteroatoms. The minimum atomic E-state index is -0.319. The van der Waals surface area contributed by atoms with E-state index in [-0.39, 0.29) is 11.5 Å². The number of methoxy groups -OCH3 is 1. The van der Waals surface area contributed by atoms with Crippen LogP contribution in [0.1, 0.15) is 26.3 Å². The highest BCUT2D eigenvalue weighted by Crippen LogP contribution is 2.20. The first kappa shape index (κ1) is 15.0. The lowest BCUT2D eigenvalue weighted by Gasteiger charge is -2.29. The predicted octanol–water partition coefficient (Wildman–Crippen LogP) is 2.53. The maximum Gasteiger partial charge on any atom is 0.118 e. The molecule has 0 aliphatic heterocycles. The van der Waals surface area contributed by atoms with Gasteiger partial charge in [0.15, 0.2) is 0 Å². The SMILES string of the molecule is COc1ccc(CN(C)CC(O)C(C)(C)C)cc1. The van der Waals surface area contributed by atoms with Crippen LogP contribution in [-0.2, 0) is 6.54 Å². The van der Waals surface area contributed by atoms with Crippen molar-refractivity contribution in [2.75, 3.05) is 20.7 Å². The summed E-state index contributed by atoms with van der Waals surface area (Å²) in [6, 6.07) is 8.03. The van der Waals surface area contributed by atoms with Gasteiger partial charge in [0.2, 0.25) is 0 Å². The molecule has 0 radical (unpaired) electrons. The second kappa shape index (κ2) is 6.21. The van der Waals surface area contributed by atoms with Gasteiger partial charge < -0.3 is 9.84 Å². The van der Waals surface area contributed by atoms with E-state index in [1.54, 1.807) is 7.11 Å². The molecule has 0 saturated carbocycles. The maximum absolute atomic E-state index is 10.1. The van der Waals surface area contributed by atoms with E-state index in [1.807, 2.05) is 19.2 Å². The average molecular weight is 251 g/mol. The quantitative estimate of drug-likeness (QED) is 0.873. The number of nitrogens with zero attached hydrogens (tertiary/aromatic N) is 1. The topological polar surface area (TPSA) is 32.7 Å². The van der Waals surface area contributed by atoms with Crippen molar-refractivity contribution in [2.24, 2.45) is 5.41 Å². The van der Waals surface area contributed by atoms with Crippen molar-refractivity contribution in [2.45, 2.75) is 33.4 Å². The fourth-order valence-corrected chi connectivity index (χ4v) is 1.68. The minimum Gasteiger partial charge on any atom is -0.497 e. The van der Waals surface area contributed by atoms with E-state index < -0.39 is 0 Å². The Bertz CT molecular complexity index is 354. The van der Waals surface area contributed by atoms with Gasteiger partial charge in [-0.25, -0.2) is 0 Å². The molecule has 0 fully saturated rings. The molecule has 0 aliphatic rings. The van der Waals surface area contributed by atoms with Crippen LogP contribution in [0.4, 0.5) is 0 Å². The molecule has 0 aliphatic carbocycles. The van der Waals surface area contributed by atoms with E-state index in [1.165, 1.54) is 5.56 Å². The van der Waals surface area contributed by atoms with E-state index in [2.05, 4.69) is 37.8 Å². The Kier molecular flexibility index (Phi) is 5.17. The summed E-state index contributed by atoms with van der Waals surface area (Å²) in [7, 11) is 3.69. The zero-order chi connectivity index (χ0) is 13.8. The molecule has 3 nitrogen and oxygen atoms in total. The van der Waals surface area contributed by atoms with Crippen LogP contribution in [-0.4, -0.2) is 36.8 Å². The van der Waals surface area contributed by atoms with Gasteiger partial charge in [-0.3, -0.25) is 4.90 Å². The predicted molar refractivity (Wildman–Crippen MR) is 74.8 cm³/mol. The third kappa shape index (κ3) is 4.67. The number of hydrogen-bond donors (Lipinski definition) is 1. The van der Waals surface area contributed by atoms with Crippen molar-refractivity contribution < 1.29 is 9.84 Å². The summed E-state index contributed by atoms with van der Waals surface area (Å²) in [5.74, 6) is 0.871. The Hall–Kier alpha value is -1.06. The van der Waals surface area contributed by atoms with Crippen LogP contribution in [0.5, 0.6) is 5.75 Å². The normalized spacial score (nSPS) is 13.7. The summed E-state index contributed by atoms with van der Waals surface area (Å²) in [5.41, 5.74) is 1.15. The van der Waals surface area contributed by atoms with Gasteiger partial charge in [-0.05, 0) is 30.2 Å². The second-order valence-electron chi connectivity index (χ2n) is 5.93. The lowest BCUT2D eigenvalue weighted by molar-refractivity contribution is 0.0333. The zero-order valence-electron chi connectivity index (χ0n) is 12.1. The van der Waals surface area contributed by atoms with Crippen LogP contribution in [0, 0.1) is 5.41 Å². The van der Waals surface area contributed by atoms with Gasteiger partial charge in [0.1, 0.15) is 5.75 Å².